The zero-order valence-corrected chi connectivity index (χ0v) is 11.3. The summed E-state index contributed by atoms with van der Waals surface area (Å²) in [5.74, 6) is -3.38. The molecule has 2 atom stereocenters. The number of rotatable bonds is 4. The van der Waals surface area contributed by atoms with E-state index in [9.17, 15) is 23.7 Å². The van der Waals surface area contributed by atoms with Gasteiger partial charge in [-0.05, 0) is 19.4 Å². The summed E-state index contributed by atoms with van der Waals surface area (Å²) in [4.78, 5) is 22.0. The molecule has 8 heteroatoms. The number of nitro groups is 1. The third-order valence-electron chi connectivity index (χ3n) is 3.51. The average molecular weight is 300 g/mol. The Morgan fingerprint density at radius 1 is 1.48 bits per heavy atom. The SMILES string of the molecule is CC(NC(=O)c1cc(F)c(F)cc1[N+](=O)[O-])C1CCOC1. The molecule has 0 spiro atoms. The van der Waals surface area contributed by atoms with E-state index in [1.54, 1.807) is 6.92 Å². The van der Waals surface area contributed by atoms with Gasteiger partial charge in [-0.2, -0.15) is 0 Å². The van der Waals surface area contributed by atoms with Gasteiger partial charge < -0.3 is 10.1 Å². The van der Waals surface area contributed by atoms with Gasteiger partial charge in [-0.15, -0.1) is 0 Å². The fourth-order valence-corrected chi connectivity index (χ4v) is 2.22. The zero-order chi connectivity index (χ0) is 15.6. The van der Waals surface area contributed by atoms with Crippen LogP contribution in [0.4, 0.5) is 14.5 Å². The van der Waals surface area contributed by atoms with Gasteiger partial charge in [-0.3, -0.25) is 14.9 Å². The lowest BCUT2D eigenvalue weighted by molar-refractivity contribution is -0.385. The predicted octanol–water partition coefficient (Wildman–Crippen LogP) is 2.03. The first-order valence-corrected chi connectivity index (χ1v) is 6.42. The zero-order valence-electron chi connectivity index (χ0n) is 11.3. The fourth-order valence-electron chi connectivity index (χ4n) is 2.22. The molecule has 0 aliphatic carbocycles. The third-order valence-corrected chi connectivity index (χ3v) is 3.51. The molecule has 0 bridgehead atoms. The topological polar surface area (TPSA) is 81.5 Å². The van der Waals surface area contributed by atoms with Crippen molar-refractivity contribution in [3.05, 3.63) is 39.4 Å². The quantitative estimate of drug-likeness (QED) is 0.681. The third kappa shape index (κ3) is 3.33. The van der Waals surface area contributed by atoms with Crippen LogP contribution in [0.15, 0.2) is 12.1 Å². The minimum absolute atomic E-state index is 0.0956. The van der Waals surface area contributed by atoms with Crippen LogP contribution in [0.1, 0.15) is 23.7 Å². The van der Waals surface area contributed by atoms with Crippen LogP contribution >= 0.6 is 0 Å². The van der Waals surface area contributed by atoms with E-state index in [0.717, 1.165) is 6.42 Å². The molecule has 1 aliphatic rings. The van der Waals surface area contributed by atoms with Gasteiger partial charge in [0.05, 0.1) is 17.6 Å². The lowest BCUT2D eigenvalue weighted by Gasteiger charge is -2.19. The first-order chi connectivity index (χ1) is 9.90. The second-order valence-electron chi connectivity index (χ2n) is 4.93. The van der Waals surface area contributed by atoms with Gasteiger partial charge in [0.1, 0.15) is 5.56 Å². The molecule has 1 heterocycles. The van der Waals surface area contributed by atoms with Crippen LogP contribution < -0.4 is 5.32 Å². The monoisotopic (exact) mass is 300 g/mol. The summed E-state index contributed by atoms with van der Waals surface area (Å²) in [6, 6.07) is 0.668. The summed E-state index contributed by atoms with van der Waals surface area (Å²) in [5.41, 5.74) is -1.26. The number of halogens is 2. The Hall–Kier alpha value is -2.09. The van der Waals surface area contributed by atoms with Gasteiger partial charge in [-0.25, -0.2) is 8.78 Å². The molecule has 2 unspecified atom stereocenters. The van der Waals surface area contributed by atoms with E-state index in [1.165, 1.54) is 0 Å². The summed E-state index contributed by atoms with van der Waals surface area (Å²) < 4.78 is 31.5. The summed E-state index contributed by atoms with van der Waals surface area (Å²) in [5, 5.41) is 13.4. The minimum atomic E-state index is -1.37. The number of carbonyl (C=O) groups excluding carboxylic acids is 1. The Morgan fingerprint density at radius 3 is 2.71 bits per heavy atom. The molecule has 0 radical (unpaired) electrons. The molecule has 6 nitrogen and oxygen atoms in total. The van der Waals surface area contributed by atoms with Gasteiger partial charge in [0.2, 0.25) is 0 Å². The molecule has 114 valence electrons. The van der Waals surface area contributed by atoms with Crippen molar-refractivity contribution in [1.82, 2.24) is 5.32 Å². The number of hydrogen-bond donors (Lipinski definition) is 1. The van der Waals surface area contributed by atoms with E-state index in [-0.39, 0.29) is 12.0 Å². The van der Waals surface area contributed by atoms with Crippen molar-refractivity contribution in [1.29, 1.82) is 0 Å². The number of carbonyl (C=O) groups is 1. The van der Waals surface area contributed by atoms with E-state index in [1.807, 2.05) is 0 Å². The normalized spacial score (nSPS) is 19.3. The Balaban J connectivity index is 2.21. The molecule has 1 fully saturated rings. The maximum Gasteiger partial charge on any atom is 0.285 e. The molecule has 1 N–H and O–H groups in total. The first-order valence-electron chi connectivity index (χ1n) is 6.42. The Kier molecular flexibility index (Phi) is 4.46. The number of benzene rings is 1. The van der Waals surface area contributed by atoms with Crippen LogP contribution in [-0.4, -0.2) is 30.1 Å². The van der Waals surface area contributed by atoms with Crippen molar-refractivity contribution in [2.75, 3.05) is 13.2 Å². The van der Waals surface area contributed by atoms with E-state index in [0.29, 0.717) is 25.3 Å². The van der Waals surface area contributed by atoms with Crippen molar-refractivity contribution in [2.45, 2.75) is 19.4 Å². The molecular weight excluding hydrogens is 286 g/mol. The Labute approximate surface area is 119 Å². The highest BCUT2D eigenvalue weighted by molar-refractivity contribution is 5.98. The van der Waals surface area contributed by atoms with Gasteiger partial charge >= 0.3 is 0 Å². The van der Waals surface area contributed by atoms with Crippen LogP contribution in [0.5, 0.6) is 0 Å². The molecule has 2 rings (SSSR count). The number of nitrogens with one attached hydrogen (secondary N) is 1. The highest BCUT2D eigenvalue weighted by Crippen LogP contribution is 2.23. The molecule has 1 aromatic rings. The standard InChI is InChI=1S/C13H14F2N2O4/c1-7(8-2-3-21-6-8)16-13(18)9-4-10(14)11(15)5-12(9)17(19)20/h4-5,7-8H,2-3,6H2,1H3,(H,16,18). The molecule has 1 saturated heterocycles. The van der Waals surface area contributed by atoms with Crippen LogP contribution in [0.25, 0.3) is 0 Å². The Bertz CT molecular complexity index is 574. The largest absolute Gasteiger partial charge is 0.381 e. The summed E-state index contributed by atoms with van der Waals surface area (Å²) >= 11 is 0. The van der Waals surface area contributed by atoms with Crippen LogP contribution in [0, 0.1) is 27.7 Å². The van der Waals surface area contributed by atoms with E-state index < -0.39 is 33.7 Å². The number of nitrogens with zero attached hydrogens (tertiary/aromatic N) is 1. The minimum Gasteiger partial charge on any atom is -0.381 e. The van der Waals surface area contributed by atoms with Crippen molar-refractivity contribution in [3.8, 4) is 0 Å². The number of hydrogen-bond acceptors (Lipinski definition) is 4. The molecule has 0 saturated carbocycles. The highest BCUT2D eigenvalue weighted by Gasteiger charge is 2.28. The van der Waals surface area contributed by atoms with Crippen molar-refractivity contribution in [3.63, 3.8) is 0 Å². The molecule has 21 heavy (non-hydrogen) atoms. The van der Waals surface area contributed by atoms with Crippen molar-refractivity contribution in [2.24, 2.45) is 5.92 Å². The molecule has 0 aromatic heterocycles. The van der Waals surface area contributed by atoms with Crippen molar-refractivity contribution >= 4 is 11.6 Å². The van der Waals surface area contributed by atoms with Gasteiger partial charge in [0.25, 0.3) is 11.6 Å². The van der Waals surface area contributed by atoms with Crippen LogP contribution in [0.3, 0.4) is 0 Å². The van der Waals surface area contributed by atoms with Crippen LogP contribution in [0.2, 0.25) is 0 Å². The number of amides is 1. The second kappa shape index (κ2) is 6.13. The van der Waals surface area contributed by atoms with Gasteiger partial charge in [0.15, 0.2) is 11.6 Å². The summed E-state index contributed by atoms with van der Waals surface area (Å²) in [6.07, 6.45) is 0.765. The lowest BCUT2D eigenvalue weighted by Crippen LogP contribution is -2.38. The highest BCUT2D eigenvalue weighted by atomic mass is 19.2. The van der Waals surface area contributed by atoms with E-state index >= 15 is 0 Å². The van der Waals surface area contributed by atoms with Crippen molar-refractivity contribution < 1.29 is 23.2 Å². The van der Waals surface area contributed by atoms with Gasteiger partial charge in [-0.1, -0.05) is 0 Å². The van der Waals surface area contributed by atoms with E-state index in [4.69, 9.17) is 4.74 Å². The fraction of sp³-hybridized carbons (Fsp3) is 0.462. The van der Waals surface area contributed by atoms with Gasteiger partial charge in [0, 0.05) is 18.6 Å². The molecular formula is C13H14F2N2O4. The number of nitro benzene ring substituents is 1. The smallest absolute Gasteiger partial charge is 0.285 e. The van der Waals surface area contributed by atoms with E-state index in [2.05, 4.69) is 5.32 Å². The second-order valence-corrected chi connectivity index (χ2v) is 4.93. The first kappa shape index (κ1) is 15.3. The maximum absolute atomic E-state index is 13.2. The maximum atomic E-state index is 13.2. The number of ether oxygens (including phenoxy) is 1. The predicted molar refractivity (Wildman–Crippen MR) is 68.9 cm³/mol. The average Bonchev–Trinajstić information content (AvgIpc) is 2.95. The summed E-state index contributed by atoms with van der Waals surface area (Å²) in [7, 11) is 0. The Morgan fingerprint density at radius 2 is 2.14 bits per heavy atom. The summed E-state index contributed by atoms with van der Waals surface area (Å²) in [6.45, 7) is 2.82. The van der Waals surface area contributed by atoms with Crippen LogP contribution in [-0.2, 0) is 4.74 Å². The molecule has 1 aliphatic heterocycles. The molecule has 1 amide bonds. The lowest BCUT2D eigenvalue weighted by atomic mass is 10.00. The molecule has 1 aromatic carbocycles.